The van der Waals surface area contributed by atoms with E-state index in [-0.39, 0.29) is 5.69 Å². The lowest BCUT2D eigenvalue weighted by atomic mass is 10.2. The van der Waals surface area contributed by atoms with Crippen LogP contribution in [0.2, 0.25) is 10.0 Å². The fourth-order valence-corrected chi connectivity index (χ4v) is 1.90. The molecule has 2 aromatic rings. The van der Waals surface area contributed by atoms with Crippen molar-refractivity contribution in [3.63, 3.8) is 0 Å². The second-order valence-corrected chi connectivity index (χ2v) is 4.39. The Morgan fingerprint density at radius 1 is 1.24 bits per heavy atom. The third-order valence-electron chi connectivity index (χ3n) is 2.39. The van der Waals surface area contributed by atoms with Gasteiger partial charge in [0, 0.05) is 12.7 Å². The van der Waals surface area contributed by atoms with Crippen molar-refractivity contribution in [2.75, 3.05) is 0 Å². The van der Waals surface area contributed by atoms with E-state index in [1.165, 1.54) is 0 Å². The minimum Gasteiger partial charge on any atom is -0.477 e. The Labute approximate surface area is 108 Å². The fraction of sp³-hybridized carbons (Fsp3) is 0.0833. The molecule has 1 N–H and O–H groups in total. The minimum atomic E-state index is -0.949. The predicted molar refractivity (Wildman–Crippen MR) is 67.0 cm³/mol. The van der Waals surface area contributed by atoms with E-state index < -0.39 is 5.97 Å². The van der Waals surface area contributed by atoms with Gasteiger partial charge in [0.15, 0.2) is 0 Å². The van der Waals surface area contributed by atoms with Gasteiger partial charge >= 0.3 is 5.97 Å². The summed E-state index contributed by atoms with van der Waals surface area (Å²) in [4.78, 5) is 10.9. The first-order chi connectivity index (χ1) is 8.08. The summed E-state index contributed by atoms with van der Waals surface area (Å²) in [7, 11) is 0. The molecule has 1 heterocycles. The van der Waals surface area contributed by atoms with E-state index in [0.29, 0.717) is 16.6 Å². The molecule has 0 atom stereocenters. The lowest BCUT2D eigenvalue weighted by Gasteiger charge is -2.07. The van der Waals surface area contributed by atoms with Crippen LogP contribution >= 0.6 is 23.2 Å². The second kappa shape index (κ2) is 4.82. The van der Waals surface area contributed by atoms with Crippen LogP contribution in [0.4, 0.5) is 0 Å². The predicted octanol–water partition coefficient (Wildman–Crippen LogP) is 3.54. The van der Waals surface area contributed by atoms with E-state index in [9.17, 15) is 4.79 Å². The highest BCUT2D eigenvalue weighted by molar-refractivity contribution is 6.42. The van der Waals surface area contributed by atoms with Gasteiger partial charge in [0.25, 0.3) is 0 Å². The van der Waals surface area contributed by atoms with Gasteiger partial charge < -0.3 is 9.67 Å². The van der Waals surface area contributed by atoms with Crippen molar-refractivity contribution in [1.29, 1.82) is 0 Å². The third kappa shape index (κ3) is 2.62. The number of aromatic nitrogens is 1. The topological polar surface area (TPSA) is 42.2 Å². The Morgan fingerprint density at radius 3 is 2.65 bits per heavy atom. The Bertz CT molecular complexity index is 563. The van der Waals surface area contributed by atoms with E-state index >= 15 is 0 Å². The highest BCUT2D eigenvalue weighted by Crippen LogP contribution is 2.23. The highest BCUT2D eigenvalue weighted by Gasteiger charge is 2.09. The fourth-order valence-electron chi connectivity index (χ4n) is 1.58. The molecular formula is C12H9Cl2NO2. The van der Waals surface area contributed by atoms with Gasteiger partial charge in [0.1, 0.15) is 5.69 Å². The van der Waals surface area contributed by atoms with E-state index in [0.717, 1.165) is 5.56 Å². The van der Waals surface area contributed by atoms with Crippen molar-refractivity contribution in [1.82, 2.24) is 4.57 Å². The Hall–Kier alpha value is -1.45. The molecule has 3 nitrogen and oxygen atoms in total. The first-order valence-corrected chi connectivity index (χ1v) is 5.66. The molecule has 1 aromatic heterocycles. The number of rotatable bonds is 3. The van der Waals surface area contributed by atoms with Crippen LogP contribution in [0.5, 0.6) is 0 Å². The van der Waals surface area contributed by atoms with Crippen LogP contribution < -0.4 is 0 Å². The maximum Gasteiger partial charge on any atom is 0.352 e. The lowest BCUT2D eigenvalue weighted by Crippen LogP contribution is -2.08. The van der Waals surface area contributed by atoms with E-state index in [1.54, 1.807) is 35.0 Å². The zero-order valence-corrected chi connectivity index (χ0v) is 10.2. The van der Waals surface area contributed by atoms with Crippen LogP contribution in [-0.4, -0.2) is 15.6 Å². The van der Waals surface area contributed by atoms with Crippen molar-refractivity contribution in [3.8, 4) is 0 Å². The van der Waals surface area contributed by atoms with Crippen LogP contribution in [-0.2, 0) is 6.54 Å². The van der Waals surface area contributed by atoms with Gasteiger partial charge in [-0.05, 0) is 29.8 Å². The molecule has 0 saturated heterocycles. The van der Waals surface area contributed by atoms with Gasteiger partial charge in [-0.2, -0.15) is 0 Å². The van der Waals surface area contributed by atoms with Gasteiger partial charge in [-0.3, -0.25) is 0 Å². The lowest BCUT2D eigenvalue weighted by molar-refractivity contribution is 0.0685. The molecule has 0 fully saturated rings. The zero-order valence-electron chi connectivity index (χ0n) is 8.73. The van der Waals surface area contributed by atoms with Gasteiger partial charge in [-0.1, -0.05) is 29.3 Å². The molecular weight excluding hydrogens is 261 g/mol. The number of nitrogens with zero attached hydrogens (tertiary/aromatic N) is 1. The van der Waals surface area contributed by atoms with Crippen molar-refractivity contribution in [3.05, 3.63) is 57.8 Å². The molecule has 17 heavy (non-hydrogen) atoms. The van der Waals surface area contributed by atoms with Gasteiger partial charge in [-0.25, -0.2) is 4.79 Å². The van der Waals surface area contributed by atoms with E-state index in [2.05, 4.69) is 0 Å². The summed E-state index contributed by atoms with van der Waals surface area (Å²) in [5, 5.41) is 9.92. The van der Waals surface area contributed by atoms with Gasteiger partial charge in [-0.15, -0.1) is 0 Å². The molecule has 0 aliphatic heterocycles. The molecule has 0 radical (unpaired) electrons. The average molecular weight is 270 g/mol. The third-order valence-corrected chi connectivity index (χ3v) is 3.12. The number of benzene rings is 1. The maximum absolute atomic E-state index is 10.9. The van der Waals surface area contributed by atoms with Crippen LogP contribution in [0.25, 0.3) is 0 Å². The quantitative estimate of drug-likeness (QED) is 0.926. The molecule has 1 aromatic carbocycles. The normalized spacial score (nSPS) is 10.5. The number of carbonyl (C=O) groups is 1. The van der Waals surface area contributed by atoms with Crippen molar-refractivity contribution >= 4 is 29.2 Å². The molecule has 0 bridgehead atoms. The van der Waals surface area contributed by atoms with Crippen LogP contribution in [0, 0.1) is 0 Å². The Kier molecular flexibility index (Phi) is 3.41. The van der Waals surface area contributed by atoms with Crippen LogP contribution in [0.15, 0.2) is 36.5 Å². The number of carboxylic acids is 1. The summed E-state index contributed by atoms with van der Waals surface area (Å²) < 4.78 is 1.64. The Balaban J connectivity index is 2.28. The minimum absolute atomic E-state index is 0.246. The number of carboxylic acid groups (broad SMARTS) is 1. The molecule has 0 aliphatic rings. The average Bonchev–Trinajstić information content (AvgIpc) is 2.72. The molecule has 0 saturated carbocycles. The Morgan fingerprint density at radius 2 is 2.00 bits per heavy atom. The highest BCUT2D eigenvalue weighted by atomic mass is 35.5. The SMILES string of the molecule is O=C(O)c1cccn1Cc1ccc(Cl)c(Cl)c1. The summed E-state index contributed by atoms with van der Waals surface area (Å²) in [5.74, 6) is -0.949. The molecule has 0 unspecified atom stereocenters. The zero-order chi connectivity index (χ0) is 12.4. The van der Waals surface area contributed by atoms with Crippen molar-refractivity contribution in [2.45, 2.75) is 6.54 Å². The number of aromatic carboxylic acids is 1. The first kappa shape index (κ1) is 12.0. The van der Waals surface area contributed by atoms with E-state index in [4.69, 9.17) is 28.3 Å². The summed E-state index contributed by atoms with van der Waals surface area (Å²) in [6.45, 7) is 0.450. The summed E-state index contributed by atoms with van der Waals surface area (Å²) >= 11 is 11.7. The summed E-state index contributed by atoms with van der Waals surface area (Å²) in [6, 6.07) is 8.50. The van der Waals surface area contributed by atoms with E-state index in [1.807, 2.05) is 6.07 Å². The largest absolute Gasteiger partial charge is 0.477 e. The molecule has 5 heteroatoms. The number of hydrogen-bond donors (Lipinski definition) is 1. The van der Waals surface area contributed by atoms with Gasteiger partial charge in [0.2, 0.25) is 0 Å². The first-order valence-electron chi connectivity index (χ1n) is 4.90. The number of halogens is 2. The second-order valence-electron chi connectivity index (χ2n) is 3.57. The van der Waals surface area contributed by atoms with Crippen molar-refractivity contribution < 1.29 is 9.90 Å². The summed E-state index contributed by atoms with van der Waals surface area (Å²) in [5.41, 5.74) is 1.15. The molecule has 2 rings (SSSR count). The van der Waals surface area contributed by atoms with Crippen molar-refractivity contribution in [2.24, 2.45) is 0 Å². The monoisotopic (exact) mass is 269 g/mol. The molecule has 0 amide bonds. The van der Waals surface area contributed by atoms with Crippen LogP contribution in [0.3, 0.4) is 0 Å². The smallest absolute Gasteiger partial charge is 0.352 e. The number of hydrogen-bond acceptors (Lipinski definition) is 1. The standard InChI is InChI=1S/C12H9Cl2NO2/c13-9-4-3-8(6-10(9)14)7-15-5-1-2-11(15)12(16)17/h1-6H,7H2,(H,16,17). The van der Waals surface area contributed by atoms with Crippen LogP contribution in [0.1, 0.15) is 16.1 Å². The molecule has 88 valence electrons. The summed E-state index contributed by atoms with van der Waals surface area (Å²) in [6.07, 6.45) is 1.71. The molecule has 0 spiro atoms. The molecule has 0 aliphatic carbocycles. The maximum atomic E-state index is 10.9. The van der Waals surface area contributed by atoms with Gasteiger partial charge in [0.05, 0.1) is 10.0 Å².